The molecule has 2 heterocycles. The Bertz CT molecular complexity index is 923. The molecule has 132 valence electrons. The summed E-state index contributed by atoms with van der Waals surface area (Å²) < 4.78 is 7.34. The van der Waals surface area contributed by atoms with Gasteiger partial charge in [-0.15, -0.1) is 0 Å². The summed E-state index contributed by atoms with van der Waals surface area (Å²) >= 11 is 0. The molecule has 0 radical (unpaired) electrons. The summed E-state index contributed by atoms with van der Waals surface area (Å²) in [6, 6.07) is 5.74. The van der Waals surface area contributed by atoms with E-state index in [1.807, 2.05) is 51.0 Å². The van der Waals surface area contributed by atoms with Crippen molar-refractivity contribution < 1.29 is 9.32 Å². The summed E-state index contributed by atoms with van der Waals surface area (Å²) in [4.78, 5) is 19.1. The molecule has 0 saturated carbocycles. The third-order valence-electron chi connectivity index (χ3n) is 4.19. The highest BCUT2D eigenvalue weighted by molar-refractivity contribution is 6.04. The number of hydrogen-bond acceptors (Lipinski definition) is 5. The fourth-order valence-electron chi connectivity index (χ4n) is 2.99. The summed E-state index contributed by atoms with van der Waals surface area (Å²) in [6.45, 7) is 7.34. The van der Waals surface area contributed by atoms with Crippen LogP contribution < -0.4 is 5.32 Å². The van der Waals surface area contributed by atoms with Gasteiger partial charge < -0.3 is 19.3 Å². The molecule has 0 aliphatic heterocycles. The molecule has 1 N–H and O–H groups in total. The van der Waals surface area contributed by atoms with Crippen molar-refractivity contribution in [2.24, 2.45) is 0 Å². The molecule has 3 aromatic rings. The zero-order valence-electron chi connectivity index (χ0n) is 15.3. The number of anilines is 1. The molecule has 0 aliphatic carbocycles. The molecule has 0 spiro atoms. The number of nitrogens with zero attached hydrogens (tertiary/aromatic N) is 4. The van der Waals surface area contributed by atoms with Gasteiger partial charge in [-0.2, -0.15) is 0 Å². The molecule has 7 heteroatoms. The number of amides is 1. The van der Waals surface area contributed by atoms with E-state index in [4.69, 9.17) is 4.52 Å². The van der Waals surface area contributed by atoms with Crippen molar-refractivity contribution in [3.05, 3.63) is 41.0 Å². The summed E-state index contributed by atoms with van der Waals surface area (Å²) in [5.41, 5.74) is 3.73. The smallest absolute Gasteiger partial charge is 0.278 e. The number of hydrogen-bond donors (Lipinski definition) is 1. The van der Waals surface area contributed by atoms with Gasteiger partial charge in [0.05, 0.1) is 11.0 Å². The number of aromatic nitrogens is 3. The van der Waals surface area contributed by atoms with E-state index < -0.39 is 0 Å². The van der Waals surface area contributed by atoms with Gasteiger partial charge in [0.25, 0.3) is 5.91 Å². The van der Waals surface area contributed by atoms with Crippen molar-refractivity contribution >= 4 is 22.6 Å². The Kier molecular flexibility index (Phi) is 4.59. The normalized spacial score (nSPS) is 11.4. The molecule has 2 aromatic heterocycles. The molecular formula is C18H23N5O2. The lowest BCUT2D eigenvalue weighted by atomic mass is 10.1. The first-order valence-electron chi connectivity index (χ1n) is 8.28. The van der Waals surface area contributed by atoms with Gasteiger partial charge in [0.15, 0.2) is 5.69 Å². The largest absolute Gasteiger partial charge is 0.361 e. The van der Waals surface area contributed by atoms with Crippen LogP contribution in [0.1, 0.15) is 34.6 Å². The van der Waals surface area contributed by atoms with E-state index in [1.165, 1.54) is 0 Å². The number of carbonyl (C=O) groups is 1. The lowest BCUT2D eigenvalue weighted by Gasteiger charge is -2.10. The lowest BCUT2D eigenvalue weighted by Crippen LogP contribution is -2.18. The molecule has 0 atom stereocenters. The number of carbonyl (C=O) groups excluding carboxylic acids is 1. The van der Waals surface area contributed by atoms with Gasteiger partial charge in [-0.3, -0.25) is 4.79 Å². The molecule has 0 fully saturated rings. The van der Waals surface area contributed by atoms with Crippen LogP contribution in [0.2, 0.25) is 0 Å². The van der Waals surface area contributed by atoms with Crippen molar-refractivity contribution in [3.63, 3.8) is 0 Å². The van der Waals surface area contributed by atoms with Crippen LogP contribution in [0.5, 0.6) is 0 Å². The fraction of sp³-hybridized carbons (Fsp3) is 0.389. The highest BCUT2D eigenvalue weighted by atomic mass is 16.5. The second-order valence-electron chi connectivity index (χ2n) is 6.36. The summed E-state index contributed by atoms with van der Waals surface area (Å²) in [5, 5.41) is 6.82. The first-order chi connectivity index (χ1) is 11.9. The Balaban J connectivity index is 1.87. The van der Waals surface area contributed by atoms with Crippen LogP contribution in [0.25, 0.3) is 11.0 Å². The number of aryl methyl sites for hydroxylation is 3. The van der Waals surface area contributed by atoms with Crippen molar-refractivity contribution in [2.45, 2.75) is 33.9 Å². The Morgan fingerprint density at radius 2 is 2.08 bits per heavy atom. The van der Waals surface area contributed by atoms with Gasteiger partial charge in [-0.25, -0.2) is 4.98 Å². The summed E-state index contributed by atoms with van der Waals surface area (Å²) in [6.07, 6.45) is 0. The number of nitrogens with one attached hydrogen (secondary N) is 1. The van der Waals surface area contributed by atoms with Crippen LogP contribution in [0, 0.1) is 13.8 Å². The maximum Gasteiger partial charge on any atom is 0.278 e. The number of fused-ring (bicyclic) bond motifs is 1. The fourth-order valence-corrected chi connectivity index (χ4v) is 2.99. The minimum Gasteiger partial charge on any atom is -0.361 e. The topological polar surface area (TPSA) is 76.2 Å². The molecule has 0 saturated heterocycles. The highest BCUT2D eigenvalue weighted by Gasteiger charge is 2.20. The molecule has 0 aliphatic rings. The van der Waals surface area contributed by atoms with Crippen molar-refractivity contribution in [3.8, 4) is 0 Å². The van der Waals surface area contributed by atoms with Gasteiger partial charge >= 0.3 is 0 Å². The third kappa shape index (κ3) is 3.28. The predicted octanol–water partition coefficient (Wildman–Crippen LogP) is 2.97. The summed E-state index contributed by atoms with van der Waals surface area (Å²) in [5.74, 6) is 1.34. The van der Waals surface area contributed by atoms with Gasteiger partial charge in [0.2, 0.25) is 0 Å². The molecule has 0 unspecified atom stereocenters. The van der Waals surface area contributed by atoms with E-state index in [2.05, 4.69) is 26.9 Å². The quantitative estimate of drug-likeness (QED) is 0.772. The van der Waals surface area contributed by atoms with E-state index in [1.54, 1.807) is 0 Å². The van der Waals surface area contributed by atoms with Crippen molar-refractivity contribution in [1.82, 2.24) is 19.6 Å². The van der Waals surface area contributed by atoms with Crippen LogP contribution in [0.3, 0.4) is 0 Å². The molecule has 0 bridgehead atoms. The maximum atomic E-state index is 12.6. The Hall–Kier alpha value is -2.67. The minimum atomic E-state index is -0.278. The number of benzene rings is 1. The van der Waals surface area contributed by atoms with E-state index in [0.29, 0.717) is 23.7 Å². The highest BCUT2D eigenvalue weighted by Crippen LogP contribution is 2.22. The third-order valence-corrected chi connectivity index (χ3v) is 4.19. The van der Waals surface area contributed by atoms with Gasteiger partial charge in [0.1, 0.15) is 11.6 Å². The van der Waals surface area contributed by atoms with Crippen LogP contribution >= 0.6 is 0 Å². The maximum absolute atomic E-state index is 12.6. The standard InChI is InChI=1S/C18H23N5O2/c1-6-23-12(3)19-15-9-13(7-8-16(15)23)20-18(24)17-14(10-22(4)5)11(2)25-21-17/h7-9H,6,10H2,1-5H3,(H,20,24). The molecule has 1 aromatic carbocycles. The van der Waals surface area contributed by atoms with E-state index in [0.717, 1.165) is 29.0 Å². The van der Waals surface area contributed by atoms with Crippen LogP contribution in [0.4, 0.5) is 5.69 Å². The second-order valence-corrected chi connectivity index (χ2v) is 6.36. The van der Waals surface area contributed by atoms with E-state index in [-0.39, 0.29) is 5.91 Å². The molecule has 1 amide bonds. The Labute approximate surface area is 146 Å². The minimum absolute atomic E-state index is 0.278. The first-order valence-corrected chi connectivity index (χ1v) is 8.28. The summed E-state index contributed by atoms with van der Waals surface area (Å²) in [7, 11) is 3.88. The zero-order valence-corrected chi connectivity index (χ0v) is 15.3. The van der Waals surface area contributed by atoms with E-state index >= 15 is 0 Å². The first kappa shape index (κ1) is 17.2. The molecule has 7 nitrogen and oxygen atoms in total. The van der Waals surface area contributed by atoms with Crippen LogP contribution in [0.15, 0.2) is 22.7 Å². The SMILES string of the molecule is CCn1c(C)nc2cc(NC(=O)c3noc(C)c3CN(C)C)ccc21. The Morgan fingerprint density at radius 3 is 2.76 bits per heavy atom. The van der Waals surface area contributed by atoms with Gasteiger partial charge in [0, 0.05) is 24.3 Å². The van der Waals surface area contributed by atoms with Crippen molar-refractivity contribution in [1.29, 1.82) is 0 Å². The monoisotopic (exact) mass is 341 g/mol. The molecule has 3 rings (SSSR count). The molecule has 25 heavy (non-hydrogen) atoms. The average Bonchev–Trinajstić information content (AvgIpc) is 3.06. The number of rotatable bonds is 5. The Morgan fingerprint density at radius 1 is 1.32 bits per heavy atom. The van der Waals surface area contributed by atoms with Crippen molar-refractivity contribution in [2.75, 3.05) is 19.4 Å². The lowest BCUT2D eigenvalue weighted by molar-refractivity contribution is 0.101. The van der Waals surface area contributed by atoms with Crippen LogP contribution in [-0.2, 0) is 13.1 Å². The molecular weight excluding hydrogens is 318 g/mol. The second kappa shape index (κ2) is 6.68. The van der Waals surface area contributed by atoms with Crippen LogP contribution in [-0.4, -0.2) is 39.6 Å². The zero-order chi connectivity index (χ0) is 18.1. The van der Waals surface area contributed by atoms with Gasteiger partial charge in [-0.1, -0.05) is 5.16 Å². The predicted molar refractivity (Wildman–Crippen MR) is 96.7 cm³/mol. The number of imidazole rings is 1. The average molecular weight is 341 g/mol. The van der Waals surface area contributed by atoms with Gasteiger partial charge in [-0.05, 0) is 53.1 Å². The van der Waals surface area contributed by atoms with E-state index in [9.17, 15) is 4.79 Å².